The van der Waals surface area contributed by atoms with E-state index in [0.717, 1.165) is 24.2 Å². The van der Waals surface area contributed by atoms with E-state index in [0.29, 0.717) is 35.9 Å². The number of benzene rings is 2. The summed E-state index contributed by atoms with van der Waals surface area (Å²) in [5.74, 6) is 0.312. The first-order valence-corrected chi connectivity index (χ1v) is 11.4. The summed E-state index contributed by atoms with van der Waals surface area (Å²) in [4.78, 5) is 27.8. The number of hydrogen-bond acceptors (Lipinski definition) is 6. The van der Waals surface area contributed by atoms with E-state index in [1.54, 1.807) is 30.3 Å². The van der Waals surface area contributed by atoms with Gasteiger partial charge in [-0.3, -0.25) is 9.59 Å². The van der Waals surface area contributed by atoms with E-state index in [1.807, 2.05) is 31.2 Å². The molecule has 1 aromatic heterocycles. The smallest absolute Gasteiger partial charge is 0.296 e. The lowest BCUT2D eigenvalue weighted by atomic mass is 9.94. The monoisotopic (exact) mass is 459 g/mol. The van der Waals surface area contributed by atoms with Crippen molar-refractivity contribution in [1.29, 1.82) is 0 Å². The summed E-state index contributed by atoms with van der Waals surface area (Å²) in [6, 6.07) is 15.3. The maximum absolute atomic E-state index is 13.2. The number of aliphatic hydroxyl groups is 1. The van der Waals surface area contributed by atoms with Crippen molar-refractivity contribution < 1.29 is 28.6 Å². The molecule has 2 aliphatic heterocycles. The molecular weight excluding hydrogens is 434 g/mol. The highest BCUT2D eigenvalue weighted by molar-refractivity contribution is 6.46. The van der Waals surface area contributed by atoms with Crippen LogP contribution in [0.1, 0.15) is 41.8 Å². The van der Waals surface area contributed by atoms with Crippen LogP contribution in [-0.4, -0.2) is 34.9 Å². The van der Waals surface area contributed by atoms with Crippen molar-refractivity contribution in [2.24, 2.45) is 0 Å². The number of ketones is 1. The highest BCUT2D eigenvalue weighted by Crippen LogP contribution is 2.41. The molecule has 5 rings (SSSR count). The van der Waals surface area contributed by atoms with Gasteiger partial charge in [-0.05, 0) is 73.4 Å². The number of likely N-dealkylation sites (tertiary alicyclic amines) is 1. The zero-order chi connectivity index (χ0) is 23.7. The van der Waals surface area contributed by atoms with E-state index >= 15 is 0 Å². The van der Waals surface area contributed by atoms with E-state index in [2.05, 4.69) is 0 Å². The number of ether oxygens (including phenoxy) is 2. The van der Waals surface area contributed by atoms with Gasteiger partial charge in [0.1, 0.15) is 23.0 Å². The van der Waals surface area contributed by atoms with Gasteiger partial charge in [0.05, 0.1) is 37.6 Å². The largest absolute Gasteiger partial charge is 0.507 e. The first kappa shape index (κ1) is 21.8. The van der Waals surface area contributed by atoms with Gasteiger partial charge in [-0.2, -0.15) is 0 Å². The lowest BCUT2D eigenvalue weighted by Crippen LogP contribution is -2.29. The van der Waals surface area contributed by atoms with Crippen molar-refractivity contribution in [3.05, 3.63) is 88.9 Å². The maximum Gasteiger partial charge on any atom is 0.296 e. The average Bonchev–Trinajstić information content (AvgIpc) is 3.46. The standard InChI is InChI=1S/C27H25NO6/c1-2-32-20-8-3-6-18(15-20)24-23(26(30)27(31)28(24)16-21-9-5-12-33-21)25(29)19-10-11-22-17(14-19)7-4-13-34-22/h3,5-6,8-12,14-15,24,29H,2,4,7,13,16H2,1H3/b25-23-. The normalized spacial score (nSPS) is 19.1. The molecule has 2 aromatic carbocycles. The Labute approximate surface area is 197 Å². The molecule has 1 amide bonds. The van der Waals surface area contributed by atoms with Crippen LogP contribution >= 0.6 is 0 Å². The van der Waals surface area contributed by atoms with Gasteiger partial charge in [-0.25, -0.2) is 0 Å². The third-order valence-corrected chi connectivity index (χ3v) is 6.11. The van der Waals surface area contributed by atoms with Crippen molar-refractivity contribution in [2.45, 2.75) is 32.4 Å². The number of rotatable bonds is 6. The summed E-state index contributed by atoms with van der Waals surface area (Å²) in [5.41, 5.74) is 2.16. The molecule has 174 valence electrons. The molecule has 0 saturated carbocycles. The molecular formula is C27H25NO6. The Hall–Kier alpha value is -4.00. The molecule has 2 aliphatic rings. The lowest BCUT2D eigenvalue weighted by molar-refractivity contribution is -0.140. The number of fused-ring (bicyclic) bond motifs is 1. The van der Waals surface area contributed by atoms with E-state index in [1.165, 1.54) is 11.2 Å². The molecule has 1 atom stereocenters. The predicted molar refractivity (Wildman–Crippen MR) is 124 cm³/mol. The molecule has 0 radical (unpaired) electrons. The van der Waals surface area contributed by atoms with Crippen molar-refractivity contribution in [3.8, 4) is 11.5 Å². The molecule has 0 spiro atoms. The number of amides is 1. The fourth-order valence-corrected chi connectivity index (χ4v) is 4.56. The van der Waals surface area contributed by atoms with Crippen LogP contribution in [0.5, 0.6) is 11.5 Å². The molecule has 3 heterocycles. The van der Waals surface area contributed by atoms with Crippen LogP contribution in [0.2, 0.25) is 0 Å². The number of aliphatic hydroxyl groups excluding tert-OH is 1. The second-order valence-electron chi connectivity index (χ2n) is 8.29. The summed E-state index contributed by atoms with van der Waals surface area (Å²) < 4.78 is 16.8. The Bertz CT molecular complexity index is 1260. The minimum Gasteiger partial charge on any atom is -0.507 e. The number of nitrogens with zero attached hydrogens (tertiary/aromatic N) is 1. The Morgan fingerprint density at radius 2 is 2.03 bits per heavy atom. The fraction of sp³-hybridized carbons (Fsp3) is 0.259. The van der Waals surface area contributed by atoms with Crippen LogP contribution in [0.3, 0.4) is 0 Å². The van der Waals surface area contributed by atoms with Crippen LogP contribution in [0, 0.1) is 0 Å². The van der Waals surface area contributed by atoms with Crippen LogP contribution in [0.4, 0.5) is 0 Å². The zero-order valence-corrected chi connectivity index (χ0v) is 18.8. The summed E-state index contributed by atoms with van der Waals surface area (Å²) in [7, 11) is 0. The summed E-state index contributed by atoms with van der Waals surface area (Å²) in [5, 5.41) is 11.3. The van der Waals surface area contributed by atoms with Crippen LogP contribution in [0.15, 0.2) is 70.9 Å². The number of furan rings is 1. The van der Waals surface area contributed by atoms with Gasteiger partial charge in [0.25, 0.3) is 11.7 Å². The predicted octanol–water partition coefficient (Wildman–Crippen LogP) is 4.63. The van der Waals surface area contributed by atoms with Crippen LogP contribution < -0.4 is 9.47 Å². The van der Waals surface area contributed by atoms with Gasteiger partial charge in [0.15, 0.2) is 0 Å². The molecule has 1 unspecified atom stereocenters. The van der Waals surface area contributed by atoms with E-state index in [9.17, 15) is 14.7 Å². The van der Waals surface area contributed by atoms with Crippen molar-refractivity contribution in [1.82, 2.24) is 4.90 Å². The first-order chi connectivity index (χ1) is 16.6. The molecule has 0 bridgehead atoms. The number of carbonyl (C=O) groups excluding carboxylic acids is 2. The van der Waals surface area contributed by atoms with Gasteiger partial charge < -0.3 is 23.9 Å². The highest BCUT2D eigenvalue weighted by Gasteiger charge is 2.46. The van der Waals surface area contributed by atoms with Gasteiger partial charge in [0, 0.05) is 5.56 Å². The zero-order valence-electron chi connectivity index (χ0n) is 18.8. The Kier molecular flexibility index (Phi) is 5.84. The van der Waals surface area contributed by atoms with Gasteiger partial charge in [0.2, 0.25) is 0 Å². The molecule has 7 nitrogen and oxygen atoms in total. The highest BCUT2D eigenvalue weighted by atomic mass is 16.5. The molecule has 7 heteroatoms. The van der Waals surface area contributed by atoms with Crippen molar-refractivity contribution >= 4 is 17.4 Å². The van der Waals surface area contributed by atoms with E-state index in [4.69, 9.17) is 13.9 Å². The Balaban J connectivity index is 1.63. The Morgan fingerprint density at radius 1 is 1.15 bits per heavy atom. The summed E-state index contributed by atoms with van der Waals surface area (Å²) in [6.45, 7) is 3.12. The van der Waals surface area contributed by atoms with Gasteiger partial charge in [-0.1, -0.05) is 12.1 Å². The minimum absolute atomic E-state index is 0.0434. The topological polar surface area (TPSA) is 89.2 Å². The molecule has 0 aliphatic carbocycles. The second kappa shape index (κ2) is 9.09. The lowest BCUT2D eigenvalue weighted by Gasteiger charge is -2.25. The van der Waals surface area contributed by atoms with E-state index < -0.39 is 17.7 Å². The molecule has 1 saturated heterocycles. The number of Topliss-reactive ketones (excluding diaryl/α,β-unsaturated/α-hetero) is 1. The van der Waals surface area contributed by atoms with Crippen LogP contribution in [-0.2, 0) is 22.6 Å². The molecule has 1 N–H and O–H groups in total. The van der Waals surface area contributed by atoms with Gasteiger partial charge >= 0.3 is 0 Å². The van der Waals surface area contributed by atoms with Crippen LogP contribution in [0.25, 0.3) is 5.76 Å². The number of hydrogen-bond donors (Lipinski definition) is 1. The Morgan fingerprint density at radius 3 is 2.82 bits per heavy atom. The third-order valence-electron chi connectivity index (χ3n) is 6.11. The summed E-state index contributed by atoms with van der Waals surface area (Å²) in [6.07, 6.45) is 3.23. The van der Waals surface area contributed by atoms with Gasteiger partial charge in [-0.15, -0.1) is 0 Å². The minimum atomic E-state index is -0.794. The number of carbonyl (C=O) groups is 2. The maximum atomic E-state index is 13.2. The number of aryl methyl sites for hydroxylation is 1. The summed E-state index contributed by atoms with van der Waals surface area (Å²) >= 11 is 0. The fourth-order valence-electron chi connectivity index (χ4n) is 4.56. The SMILES string of the molecule is CCOc1cccc(C2/C(=C(/O)c3ccc4c(c3)CCCO4)C(=O)C(=O)N2Cc2ccco2)c1. The van der Waals surface area contributed by atoms with Crippen molar-refractivity contribution in [3.63, 3.8) is 0 Å². The third kappa shape index (κ3) is 3.94. The molecule has 1 fully saturated rings. The average molecular weight is 459 g/mol. The quantitative estimate of drug-likeness (QED) is 0.329. The first-order valence-electron chi connectivity index (χ1n) is 11.4. The van der Waals surface area contributed by atoms with Crippen molar-refractivity contribution in [2.75, 3.05) is 13.2 Å². The van der Waals surface area contributed by atoms with E-state index in [-0.39, 0.29) is 17.9 Å². The second-order valence-corrected chi connectivity index (χ2v) is 8.29. The molecule has 3 aromatic rings. The molecule has 34 heavy (non-hydrogen) atoms.